The van der Waals surface area contributed by atoms with Gasteiger partial charge in [0.1, 0.15) is 12.4 Å². The maximum Gasteiger partial charge on any atom is 0.282 e. The van der Waals surface area contributed by atoms with E-state index in [-0.39, 0.29) is 17.0 Å². The highest BCUT2D eigenvalue weighted by Crippen LogP contribution is 2.22. The molecule has 0 aliphatic heterocycles. The number of anilines is 2. The monoisotopic (exact) mass is 364 g/mol. The van der Waals surface area contributed by atoms with Crippen LogP contribution in [0.1, 0.15) is 12.5 Å². The van der Waals surface area contributed by atoms with Gasteiger partial charge in [0.25, 0.3) is 5.91 Å². The maximum absolute atomic E-state index is 13.1. The molecule has 2 atom stereocenters. The number of likely N-dealkylation sites (N-methyl/N-ethyl adjacent to an activating group) is 1. The van der Waals surface area contributed by atoms with Crippen molar-refractivity contribution in [3.8, 4) is 0 Å². The number of halogens is 2. The molecular formula is C19H24ClFN3O+. The van der Waals surface area contributed by atoms with E-state index in [9.17, 15) is 9.18 Å². The summed E-state index contributed by atoms with van der Waals surface area (Å²) in [5.41, 5.74) is 2.71. The van der Waals surface area contributed by atoms with Crippen molar-refractivity contribution in [1.82, 2.24) is 0 Å². The van der Waals surface area contributed by atoms with Crippen LogP contribution in [0.25, 0.3) is 0 Å². The summed E-state index contributed by atoms with van der Waals surface area (Å²) in [7, 11) is 5.97. The zero-order valence-corrected chi connectivity index (χ0v) is 15.7. The second-order valence-electron chi connectivity index (χ2n) is 6.42. The van der Waals surface area contributed by atoms with Gasteiger partial charge >= 0.3 is 0 Å². The summed E-state index contributed by atoms with van der Waals surface area (Å²) in [5.74, 6) is -0.587. The second kappa shape index (κ2) is 8.32. The third kappa shape index (κ3) is 5.18. The van der Waals surface area contributed by atoms with Gasteiger partial charge in [0.05, 0.1) is 17.8 Å². The lowest BCUT2D eigenvalue weighted by Gasteiger charge is -2.22. The molecule has 2 rings (SSSR count). The van der Waals surface area contributed by atoms with Gasteiger partial charge in [-0.1, -0.05) is 23.7 Å². The molecule has 0 saturated heterocycles. The number of carbonyl (C=O) groups excluding carboxylic acids is 1. The van der Waals surface area contributed by atoms with Gasteiger partial charge in [-0.05, 0) is 37.3 Å². The van der Waals surface area contributed by atoms with E-state index >= 15 is 0 Å². The van der Waals surface area contributed by atoms with Gasteiger partial charge in [-0.25, -0.2) is 4.39 Å². The molecule has 2 N–H and O–H groups in total. The summed E-state index contributed by atoms with van der Waals surface area (Å²) >= 11 is 5.96. The van der Waals surface area contributed by atoms with Crippen LogP contribution in [0.2, 0.25) is 5.02 Å². The number of nitrogens with one attached hydrogen (secondary N) is 2. The molecule has 0 aliphatic carbocycles. The summed E-state index contributed by atoms with van der Waals surface area (Å²) in [5, 5.41) is 2.95. The predicted octanol–water partition coefficient (Wildman–Crippen LogP) is 2.59. The molecule has 25 heavy (non-hydrogen) atoms. The van der Waals surface area contributed by atoms with E-state index in [1.54, 1.807) is 0 Å². The summed E-state index contributed by atoms with van der Waals surface area (Å²) in [6.07, 6.45) is 0. The van der Waals surface area contributed by atoms with Gasteiger partial charge in [-0.3, -0.25) is 4.79 Å². The molecule has 134 valence electrons. The van der Waals surface area contributed by atoms with E-state index in [1.165, 1.54) is 18.2 Å². The average Bonchev–Trinajstić information content (AvgIpc) is 2.57. The zero-order chi connectivity index (χ0) is 18.6. The maximum atomic E-state index is 13.1. The van der Waals surface area contributed by atoms with Crippen LogP contribution in [0.3, 0.4) is 0 Å². The lowest BCUT2D eigenvalue weighted by molar-refractivity contribution is -0.907. The smallest absolute Gasteiger partial charge is 0.282 e. The molecule has 6 heteroatoms. The molecule has 4 nitrogen and oxygen atoms in total. The number of amides is 1. The highest BCUT2D eigenvalue weighted by molar-refractivity contribution is 6.33. The minimum absolute atomic E-state index is 0.157. The average molecular weight is 365 g/mol. The molecular weight excluding hydrogens is 341 g/mol. The number of hydrogen-bond donors (Lipinski definition) is 2. The molecule has 0 fully saturated rings. The van der Waals surface area contributed by atoms with Gasteiger partial charge in [-0.15, -0.1) is 0 Å². The van der Waals surface area contributed by atoms with E-state index < -0.39 is 5.82 Å². The van der Waals surface area contributed by atoms with Gasteiger partial charge < -0.3 is 15.1 Å². The van der Waals surface area contributed by atoms with Crippen molar-refractivity contribution in [2.75, 3.05) is 31.4 Å². The first-order valence-electron chi connectivity index (χ1n) is 8.12. The van der Waals surface area contributed by atoms with Crippen molar-refractivity contribution < 1.29 is 14.1 Å². The lowest BCUT2D eigenvalue weighted by Crippen LogP contribution is -3.12. The molecule has 0 saturated carbocycles. The molecule has 0 radical (unpaired) electrons. The Morgan fingerprint density at radius 3 is 2.44 bits per heavy atom. The van der Waals surface area contributed by atoms with Crippen LogP contribution in [-0.2, 0) is 11.3 Å². The van der Waals surface area contributed by atoms with Gasteiger partial charge in [0.2, 0.25) is 0 Å². The van der Waals surface area contributed by atoms with Gasteiger partial charge in [0, 0.05) is 25.3 Å². The van der Waals surface area contributed by atoms with Gasteiger partial charge in [-0.2, -0.15) is 0 Å². The van der Waals surface area contributed by atoms with Crippen LogP contribution >= 0.6 is 11.6 Å². The summed E-state index contributed by atoms with van der Waals surface area (Å²) < 4.78 is 13.1. The van der Waals surface area contributed by atoms with E-state index in [4.69, 9.17) is 11.6 Å². The molecule has 0 heterocycles. The number of nitrogens with zero attached hydrogens (tertiary/aromatic N) is 1. The summed E-state index contributed by atoms with van der Waals surface area (Å²) in [4.78, 5) is 15.5. The zero-order valence-electron chi connectivity index (χ0n) is 14.9. The van der Waals surface area contributed by atoms with Crippen molar-refractivity contribution >= 4 is 28.9 Å². The Hall–Kier alpha value is -2.11. The number of hydrogen-bond acceptors (Lipinski definition) is 2. The second-order valence-corrected chi connectivity index (χ2v) is 6.83. The fraction of sp³-hybridized carbons (Fsp3) is 0.316. The van der Waals surface area contributed by atoms with Crippen molar-refractivity contribution in [3.63, 3.8) is 0 Å². The van der Waals surface area contributed by atoms with Crippen LogP contribution in [0.15, 0.2) is 42.5 Å². The number of benzene rings is 2. The number of carbonyl (C=O) groups is 1. The Morgan fingerprint density at radius 2 is 1.88 bits per heavy atom. The molecule has 0 spiro atoms. The quantitative estimate of drug-likeness (QED) is 0.826. The van der Waals surface area contributed by atoms with Crippen LogP contribution in [0, 0.1) is 5.82 Å². The largest absolute Gasteiger partial charge is 0.378 e. The normalized spacial score (nSPS) is 13.2. The van der Waals surface area contributed by atoms with Crippen molar-refractivity contribution in [1.29, 1.82) is 0 Å². The minimum atomic E-state index is -0.431. The first-order chi connectivity index (χ1) is 11.8. The van der Waals surface area contributed by atoms with E-state index in [0.717, 1.165) is 22.7 Å². The van der Waals surface area contributed by atoms with Crippen molar-refractivity contribution in [3.05, 3.63) is 58.9 Å². The minimum Gasteiger partial charge on any atom is -0.378 e. The molecule has 1 unspecified atom stereocenters. The molecule has 0 aromatic heterocycles. The Kier molecular flexibility index (Phi) is 6.39. The van der Waals surface area contributed by atoms with E-state index in [2.05, 4.69) is 29.6 Å². The Morgan fingerprint density at radius 1 is 1.24 bits per heavy atom. The molecule has 2 aromatic carbocycles. The van der Waals surface area contributed by atoms with Crippen molar-refractivity contribution in [2.45, 2.75) is 19.5 Å². The highest BCUT2D eigenvalue weighted by Gasteiger charge is 2.22. The SMILES string of the molecule is C[C@@H](C(=O)Nc1ccc(F)cc1Cl)[NH+](C)Cc1ccc(N(C)C)cc1. The Labute approximate surface area is 153 Å². The first kappa shape index (κ1) is 19.2. The molecule has 2 aromatic rings. The third-order valence-electron chi connectivity index (χ3n) is 4.26. The van der Waals surface area contributed by atoms with Crippen LogP contribution < -0.4 is 15.1 Å². The third-order valence-corrected chi connectivity index (χ3v) is 4.57. The number of rotatable bonds is 6. The Balaban J connectivity index is 1.98. The van der Waals surface area contributed by atoms with Crippen LogP contribution in [0.4, 0.5) is 15.8 Å². The van der Waals surface area contributed by atoms with Crippen molar-refractivity contribution in [2.24, 2.45) is 0 Å². The molecule has 1 amide bonds. The summed E-state index contributed by atoms with van der Waals surface area (Å²) in [6.45, 7) is 2.58. The lowest BCUT2D eigenvalue weighted by atomic mass is 10.1. The Bertz CT molecular complexity index is 734. The van der Waals surface area contributed by atoms with Crippen LogP contribution in [0.5, 0.6) is 0 Å². The standard InChI is InChI=1S/C19H23ClFN3O/c1-13(19(25)22-18-10-7-15(21)11-17(18)20)24(4)12-14-5-8-16(9-6-14)23(2)3/h5-11,13H,12H2,1-4H3,(H,22,25)/p+1/t13-/m0/s1. The predicted molar refractivity (Wildman–Crippen MR) is 101 cm³/mol. The van der Waals surface area contributed by atoms with E-state index in [1.807, 2.05) is 33.0 Å². The number of quaternary nitrogens is 1. The highest BCUT2D eigenvalue weighted by atomic mass is 35.5. The topological polar surface area (TPSA) is 36.8 Å². The van der Waals surface area contributed by atoms with Crippen LogP contribution in [-0.4, -0.2) is 33.1 Å². The van der Waals surface area contributed by atoms with E-state index in [0.29, 0.717) is 5.69 Å². The fourth-order valence-corrected chi connectivity index (χ4v) is 2.66. The molecule has 0 bridgehead atoms. The fourth-order valence-electron chi connectivity index (χ4n) is 2.44. The van der Waals surface area contributed by atoms with Gasteiger partial charge in [0.15, 0.2) is 6.04 Å². The summed E-state index contributed by atoms with van der Waals surface area (Å²) in [6, 6.07) is 11.9. The first-order valence-corrected chi connectivity index (χ1v) is 8.50. The molecule has 0 aliphatic rings.